The molecule has 16 heavy (non-hydrogen) atoms. The van der Waals surface area contributed by atoms with Crippen LogP contribution in [0.1, 0.15) is 85.0 Å². The quantitative estimate of drug-likeness (QED) is 0.371. The summed E-state index contributed by atoms with van der Waals surface area (Å²) in [5.74, 6) is 0.921. The second kappa shape index (κ2) is 11.2. The third kappa shape index (κ3) is 9.00. The number of allylic oxidation sites excluding steroid dienone is 1. The summed E-state index contributed by atoms with van der Waals surface area (Å²) in [5.41, 5.74) is 1.50. The maximum Gasteiger partial charge on any atom is -0.0294 e. The van der Waals surface area contributed by atoms with E-state index in [1.807, 2.05) is 0 Å². The lowest BCUT2D eigenvalue weighted by molar-refractivity contribution is 0.412. The van der Waals surface area contributed by atoms with Gasteiger partial charge >= 0.3 is 0 Å². The summed E-state index contributed by atoms with van der Waals surface area (Å²) in [5, 5.41) is 0. The highest BCUT2D eigenvalue weighted by Gasteiger charge is 2.09. The largest absolute Gasteiger partial charge is 0.0999 e. The molecule has 0 aromatic rings. The Labute approximate surface area is 104 Å². The van der Waals surface area contributed by atoms with Crippen molar-refractivity contribution < 1.29 is 0 Å². The maximum atomic E-state index is 4.25. The van der Waals surface area contributed by atoms with Gasteiger partial charge in [-0.2, -0.15) is 0 Å². The van der Waals surface area contributed by atoms with Gasteiger partial charge in [0.15, 0.2) is 0 Å². The molecule has 96 valence electrons. The molecule has 0 saturated carbocycles. The minimum Gasteiger partial charge on any atom is -0.0999 e. The van der Waals surface area contributed by atoms with E-state index in [0.29, 0.717) is 0 Å². The van der Waals surface area contributed by atoms with Crippen LogP contribution in [-0.4, -0.2) is 0 Å². The average molecular weight is 224 g/mol. The van der Waals surface area contributed by atoms with Crippen molar-refractivity contribution >= 4 is 0 Å². The van der Waals surface area contributed by atoms with E-state index < -0.39 is 0 Å². The molecule has 0 spiro atoms. The second-order valence-corrected chi connectivity index (χ2v) is 5.21. The Morgan fingerprint density at radius 1 is 0.875 bits per heavy atom. The van der Waals surface area contributed by atoms with Gasteiger partial charge in [-0.25, -0.2) is 0 Å². The van der Waals surface area contributed by atoms with Crippen LogP contribution in [0.3, 0.4) is 0 Å². The topological polar surface area (TPSA) is 0 Å². The fourth-order valence-corrected chi connectivity index (χ4v) is 2.27. The van der Waals surface area contributed by atoms with Gasteiger partial charge in [0.25, 0.3) is 0 Å². The zero-order valence-electron chi connectivity index (χ0n) is 11.9. The molecule has 0 atom stereocenters. The van der Waals surface area contributed by atoms with Crippen LogP contribution in [0, 0.1) is 5.92 Å². The fraction of sp³-hybridized carbons (Fsp3) is 0.875. The highest BCUT2D eigenvalue weighted by Crippen LogP contribution is 2.25. The van der Waals surface area contributed by atoms with Crippen molar-refractivity contribution in [2.75, 3.05) is 0 Å². The van der Waals surface area contributed by atoms with Gasteiger partial charge in [-0.1, -0.05) is 77.9 Å². The lowest BCUT2D eigenvalue weighted by Gasteiger charge is -2.17. The lowest BCUT2D eigenvalue weighted by atomic mass is 9.88. The maximum absolute atomic E-state index is 4.25. The van der Waals surface area contributed by atoms with E-state index in [1.165, 1.54) is 69.8 Å². The zero-order valence-corrected chi connectivity index (χ0v) is 11.9. The van der Waals surface area contributed by atoms with Crippen LogP contribution in [0.15, 0.2) is 12.2 Å². The van der Waals surface area contributed by atoms with Gasteiger partial charge in [0, 0.05) is 0 Å². The van der Waals surface area contributed by atoms with E-state index in [4.69, 9.17) is 0 Å². The van der Waals surface area contributed by atoms with E-state index in [1.54, 1.807) is 0 Å². The summed E-state index contributed by atoms with van der Waals surface area (Å²) in [6.07, 6.45) is 13.5. The van der Waals surface area contributed by atoms with Crippen LogP contribution in [0.2, 0.25) is 0 Å². The van der Waals surface area contributed by atoms with Crippen molar-refractivity contribution in [2.45, 2.75) is 85.0 Å². The molecule has 0 nitrogen and oxygen atoms in total. The van der Waals surface area contributed by atoms with E-state index in [-0.39, 0.29) is 0 Å². The van der Waals surface area contributed by atoms with Gasteiger partial charge in [0.2, 0.25) is 0 Å². The number of hydrogen-bond donors (Lipinski definition) is 0. The molecule has 0 aliphatic heterocycles. The standard InChI is InChI=1S/C16H32/c1-5-8-11-15(4)14-16(12-9-6-2)13-10-7-3/h16H,4-14H2,1-3H3. The first-order valence-electron chi connectivity index (χ1n) is 7.41. The molecule has 0 radical (unpaired) electrons. The predicted octanol–water partition coefficient (Wildman–Crippen LogP) is 6.12. The van der Waals surface area contributed by atoms with Crippen molar-refractivity contribution in [1.29, 1.82) is 0 Å². The molecular formula is C16H32. The monoisotopic (exact) mass is 224 g/mol. The molecule has 0 aromatic carbocycles. The molecule has 0 heteroatoms. The fourth-order valence-electron chi connectivity index (χ4n) is 2.27. The van der Waals surface area contributed by atoms with E-state index >= 15 is 0 Å². The van der Waals surface area contributed by atoms with E-state index in [2.05, 4.69) is 27.4 Å². The summed E-state index contributed by atoms with van der Waals surface area (Å²) in [7, 11) is 0. The number of hydrogen-bond acceptors (Lipinski definition) is 0. The predicted molar refractivity (Wildman–Crippen MR) is 75.8 cm³/mol. The Bertz CT molecular complexity index is 149. The van der Waals surface area contributed by atoms with Crippen molar-refractivity contribution in [3.63, 3.8) is 0 Å². The van der Waals surface area contributed by atoms with Crippen LogP contribution in [0.25, 0.3) is 0 Å². The van der Waals surface area contributed by atoms with Gasteiger partial charge in [-0.05, 0) is 25.2 Å². The molecule has 0 bridgehead atoms. The van der Waals surface area contributed by atoms with Crippen molar-refractivity contribution in [3.8, 4) is 0 Å². The highest BCUT2D eigenvalue weighted by molar-refractivity contribution is 4.95. The van der Waals surface area contributed by atoms with E-state index in [0.717, 1.165) is 5.92 Å². The molecule has 0 aliphatic carbocycles. The van der Waals surface area contributed by atoms with Gasteiger partial charge in [-0.15, -0.1) is 0 Å². The van der Waals surface area contributed by atoms with Gasteiger partial charge < -0.3 is 0 Å². The van der Waals surface area contributed by atoms with Gasteiger partial charge in [0.05, 0.1) is 0 Å². The van der Waals surface area contributed by atoms with Crippen LogP contribution in [-0.2, 0) is 0 Å². The molecule has 0 amide bonds. The molecule has 0 aromatic heterocycles. The minimum atomic E-state index is 0.921. The van der Waals surface area contributed by atoms with Crippen LogP contribution < -0.4 is 0 Å². The Morgan fingerprint density at radius 3 is 1.81 bits per heavy atom. The molecule has 0 N–H and O–H groups in total. The van der Waals surface area contributed by atoms with Crippen LogP contribution in [0.5, 0.6) is 0 Å². The lowest BCUT2D eigenvalue weighted by Crippen LogP contribution is -2.02. The van der Waals surface area contributed by atoms with Crippen molar-refractivity contribution in [1.82, 2.24) is 0 Å². The number of unbranched alkanes of at least 4 members (excludes halogenated alkanes) is 3. The second-order valence-electron chi connectivity index (χ2n) is 5.21. The van der Waals surface area contributed by atoms with Crippen molar-refractivity contribution in [2.24, 2.45) is 5.92 Å². The molecule has 0 rings (SSSR count). The van der Waals surface area contributed by atoms with Gasteiger partial charge in [-0.3, -0.25) is 0 Å². The normalized spacial score (nSPS) is 11.0. The third-order valence-electron chi connectivity index (χ3n) is 3.39. The van der Waals surface area contributed by atoms with Crippen LogP contribution in [0.4, 0.5) is 0 Å². The SMILES string of the molecule is C=C(CCCC)CC(CCCC)CCCC. The summed E-state index contributed by atoms with van der Waals surface area (Å²) < 4.78 is 0. The Morgan fingerprint density at radius 2 is 1.38 bits per heavy atom. The Kier molecular flexibility index (Phi) is 11.0. The molecule has 0 heterocycles. The first-order valence-corrected chi connectivity index (χ1v) is 7.41. The Hall–Kier alpha value is -0.260. The minimum absolute atomic E-state index is 0.921. The van der Waals surface area contributed by atoms with Crippen molar-refractivity contribution in [3.05, 3.63) is 12.2 Å². The van der Waals surface area contributed by atoms with Crippen LogP contribution >= 0.6 is 0 Å². The summed E-state index contributed by atoms with van der Waals surface area (Å²) >= 11 is 0. The third-order valence-corrected chi connectivity index (χ3v) is 3.39. The first-order chi connectivity index (χ1) is 7.74. The molecule has 0 fully saturated rings. The summed E-state index contributed by atoms with van der Waals surface area (Å²) in [6.45, 7) is 11.1. The molecule has 0 unspecified atom stereocenters. The molecule has 0 saturated heterocycles. The summed E-state index contributed by atoms with van der Waals surface area (Å²) in [6, 6.07) is 0. The van der Waals surface area contributed by atoms with E-state index in [9.17, 15) is 0 Å². The van der Waals surface area contributed by atoms with Gasteiger partial charge in [0.1, 0.15) is 0 Å². The number of rotatable bonds is 11. The smallest absolute Gasteiger partial charge is 0.0294 e. The average Bonchev–Trinajstić information content (AvgIpc) is 2.30. The summed E-state index contributed by atoms with van der Waals surface area (Å²) in [4.78, 5) is 0. The highest BCUT2D eigenvalue weighted by atomic mass is 14.1. The Balaban J connectivity index is 3.82. The molecular weight excluding hydrogens is 192 g/mol. The molecule has 0 aliphatic rings. The zero-order chi connectivity index (χ0) is 12.2. The first kappa shape index (κ1) is 15.7.